The Morgan fingerprint density at radius 2 is 2.04 bits per heavy atom. The molecule has 0 bridgehead atoms. The fourth-order valence-electron chi connectivity index (χ4n) is 2.62. The van der Waals surface area contributed by atoms with Crippen LogP contribution in [-0.4, -0.2) is 15.3 Å². The second-order valence-electron chi connectivity index (χ2n) is 5.56. The van der Waals surface area contributed by atoms with Crippen LogP contribution in [0.5, 0.6) is 5.75 Å². The Kier molecular flexibility index (Phi) is 4.26. The molecule has 0 spiro atoms. The van der Waals surface area contributed by atoms with E-state index in [-0.39, 0.29) is 5.75 Å². The molecule has 0 aliphatic heterocycles. The minimum Gasteiger partial charge on any atom is -0.508 e. The third kappa shape index (κ3) is 3.11. The Bertz CT molecular complexity index is 1110. The molecule has 0 radical (unpaired) electrons. The van der Waals surface area contributed by atoms with Crippen molar-refractivity contribution in [2.75, 3.05) is 0 Å². The summed E-state index contributed by atoms with van der Waals surface area (Å²) in [6, 6.07) is 8.23. The van der Waals surface area contributed by atoms with Crippen molar-refractivity contribution in [2.24, 2.45) is 0 Å². The van der Waals surface area contributed by atoms with E-state index in [9.17, 15) is 9.90 Å². The highest BCUT2D eigenvalue weighted by Gasteiger charge is 2.14. The van der Waals surface area contributed by atoms with Crippen molar-refractivity contribution in [3.8, 4) is 17.4 Å². The molecule has 3 heterocycles. The first-order chi connectivity index (χ1) is 12.6. The molecule has 7 nitrogen and oxygen atoms in total. The fraction of sp³-hybridized carbons (Fsp3) is 0.167. The average Bonchev–Trinajstić information content (AvgIpc) is 3.30. The van der Waals surface area contributed by atoms with Gasteiger partial charge in [0.1, 0.15) is 11.3 Å². The van der Waals surface area contributed by atoms with Gasteiger partial charge in [-0.15, -0.1) is 10.2 Å². The summed E-state index contributed by atoms with van der Waals surface area (Å²) in [5.74, 6) is 1.36. The average molecular weight is 370 g/mol. The molecule has 0 amide bonds. The number of benzene rings is 1. The lowest BCUT2D eigenvalue weighted by Gasteiger charge is -2.07. The molecule has 1 N–H and O–H groups in total. The number of aromatic hydroxyl groups is 1. The molecular weight excluding hydrogens is 356 g/mol. The molecule has 26 heavy (non-hydrogen) atoms. The minimum absolute atomic E-state index is 0.118. The lowest BCUT2D eigenvalue weighted by molar-refractivity contribution is 0.447. The SMILES string of the molecule is CCc1cc2c(CSc3nnc(-c4ccco4)o3)cc(=O)oc2cc1O. The third-order valence-corrected chi connectivity index (χ3v) is 4.77. The van der Waals surface area contributed by atoms with E-state index in [0.717, 1.165) is 16.5 Å². The Morgan fingerprint density at radius 1 is 1.15 bits per heavy atom. The van der Waals surface area contributed by atoms with Gasteiger partial charge in [0.25, 0.3) is 11.1 Å². The van der Waals surface area contributed by atoms with E-state index >= 15 is 0 Å². The van der Waals surface area contributed by atoms with Crippen LogP contribution in [-0.2, 0) is 12.2 Å². The van der Waals surface area contributed by atoms with Gasteiger partial charge in [0, 0.05) is 23.3 Å². The van der Waals surface area contributed by atoms with Crippen molar-refractivity contribution in [1.82, 2.24) is 10.2 Å². The van der Waals surface area contributed by atoms with Crippen molar-refractivity contribution < 1.29 is 18.4 Å². The van der Waals surface area contributed by atoms with Gasteiger partial charge in [-0.2, -0.15) is 0 Å². The van der Waals surface area contributed by atoms with Gasteiger partial charge in [-0.25, -0.2) is 4.79 Å². The molecule has 1 aromatic carbocycles. The Labute approximate surface area is 151 Å². The summed E-state index contributed by atoms with van der Waals surface area (Å²) in [7, 11) is 0. The summed E-state index contributed by atoms with van der Waals surface area (Å²) >= 11 is 1.31. The molecule has 0 saturated carbocycles. The predicted molar refractivity (Wildman–Crippen MR) is 95.1 cm³/mol. The number of hydrogen-bond acceptors (Lipinski definition) is 8. The van der Waals surface area contributed by atoms with Crippen LogP contribution in [0.2, 0.25) is 0 Å². The molecule has 0 aliphatic carbocycles. The summed E-state index contributed by atoms with van der Waals surface area (Å²) in [5.41, 5.74) is 1.44. The number of thioether (sulfide) groups is 1. The van der Waals surface area contributed by atoms with E-state index in [4.69, 9.17) is 13.3 Å². The van der Waals surface area contributed by atoms with Crippen LogP contribution < -0.4 is 5.63 Å². The smallest absolute Gasteiger partial charge is 0.336 e. The van der Waals surface area contributed by atoms with Crippen molar-refractivity contribution in [3.05, 3.63) is 58.1 Å². The van der Waals surface area contributed by atoms with Gasteiger partial charge in [-0.05, 0) is 35.7 Å². The van der Waals surface area contributed by atoms with E-state index in [1.54, 1.807) is 12.1 Å². The summed E-state index contributed by atoms with van der Waals surface area (Å²) in [6.45, 7) is 1.95. The first-order valence-corrected chi connectivity index (χ1v) is 8.91. The van der Waals surface area contributed by atoms with Gasteiger partial charge in [0.15, 0.2) is 5.76 Å². The topological polar surface area (TPSA) is 102 Å². The summed E-state index contributed by atoms with van der Waals surface area (Å²) in [6.07, 6.45) is 2.20. The molecule has 132 valence electrons. The zero-order chi connectivity index (χ0) is 18.1. The maximum atomic E-state index is 11.8. The molecular formula is C18H14N2O5S. The molecule has 4 aromatic rings. The maximum Gasteiger partial charge on any atom is 0.336 e. The second-order valence-corrected chi connectivity index (χ2v) is 6.49. The van der Waals surface area contributed by atoms with E-state index < -0.39 is 5.63 Å². The number of aryl methyl sites for hydroxylation is 1. The van der Waals surface area contributed by atoms with E-state index in [0.29, 0.717) is 34.6 Å². The molecule has 0 aliphatic rings. The van der Waals surface area contributed by atoms with Gasteiger partial charge in [0.2, 0.25) is 0 Å². The van der Waals surface area contributed by atoms with E-state index in [1.807, 2.05) is 13.0 Å². The zero-order valence-electron chi connectivity index (χ0n) is 13.8. The number of aromatic nitrogens is 2. The van der Waals surface area contributed by atoms with Gasteiger partial charge in [-0.1, -0.05) is 18.7 Å². The van der Waals surface area contributed by atoms with E-state index in [2.05, 4.69) is 10.2 Å². The standard InChI is InChI=1S/C18H14N2O5S/c1-2-10-6-12-11(7-16(22)24-15(12)8-13(10)21)9-26-18-20-19-17(25-18)14-4-3-5-23-14/h3-8,21H,2,9H2,1H3. The quantitative estimate of drug-likeness (QED) is 0.415. The predicted octanol–water partition coefficient (Wildman–Crippen LogP) is 4.00. The number of fused-ring (bicyclic) bond motifs is 1. The second kappa shape index (κ2) is 6.72. The van der Waals surface area contributed by atoms with Crippen LogP contribution in [0, 0.1) is 0 Å². The van der Waals surface area contributed by atoms with Crippen LogP contribution in [0.25, 0.3) is 22.6 Å². The summed E-state index contributed by atoms with van der Waals surface area (Å²) in [4.78, 5) is 11.8. The highest BCUT2D eigenvalue weighted by atomic mass is 32.2. The zero-order valence-corrected chi connectivity index (χ0v) is 14.6. The summed E-state index contributed by atoms with van der Waals surface area (Å²) < 4.78 is 16.0. The van der Waals surface area contributed by atoms with E-state index in [1.165, 1.54) is 30.2 Å². The molecule has 8 heteroatoms. The number of hydrogen-bond donors (Lipinski definition) is 1. The number of phenols is 1. The van der Waals surface area contributed by atoms with Crippen molar-refractivity contribution >= 4 is 22.7 Å². The number of nitrogens with zero attached hydrogens (tertiary/aromatic N) is 2. The highest BCUT2D eigenvalue weighted by Crippen LogP contribution is 2.31. The van der Waals surface area contributed by atoms with Gasteiger partial charge < -0.3 is 18.4 Å². The molecule has 0 unspecified atom stereocenters. The normalized spacial score (nSPS) is 11.3. The monoisotopic (exact) mass is 370 g/mol. The Hall–Kier alpha value is -3.00. The van der Waals surface area contributed by atoms with Gasteiger partial charge in [0.05, 0.1) is 6.26 Å². The third-order valence-electron chi connectivity index (χ3n) is 3.90. The lowest BCUT2D eigenvalue weighted by atomic mass is 10.1. The highest BCUT2D eigenvalue weighted by molar-refractivity contribution is 7.98. The lowest BCUT2D eigenvalue weighted by Crippen LogP contribution is -2.00. The maximum absolute atomic E-state index is 11.8. The number of phenolic OH excluding ortho intramolecular Hbond substituents is 1. The van der Waals surface area contributed by atoms with Crippen LogP contribution in [0.1, 0.15) is 18.1 Å². The van der Waals surface area contributed by atoms with Gasteiger partial charge >= 0.3 is 5.63 Å². The van der Waals surface area contributed by atoms with Gasteiger partial charge in [-0.3, -0.25) is 0 Å². The Morgan fingerprint density at radius 3 is 2.81 bits per heavy atom. The number of furan rings is 1. The minimum atomic E-state index is -0.474. The first kappa shape index (κ1) is 16.5. The molecule has 0 saturated heterocycles. The molecule has 0 atom stereocenters. The first-order valence-electron chi connectivity index (χ1n) is 7.93. The van der Waals surface area contributed by atoms with Crippen LogP contribution in [0.15, 0.2) is 59.9 Å². The van der Waals surface area contributed by atoms with Crippen molar-refractivity contribution in [3.63, 3.8) is 0 Å². The fourth-order valence-corrected chi connectivity index (χ4v) is 3.37. The van der Waals surface area contributed by atoms with Crippen molar-refractivity contribution in [1.29, 1.82) is 0 Å². The van der Waals surface area contributed by atoms with Crippen LogP contribution in [0.3, 0.4) is 0 Å². The molecule has 3 aromatic heterocycles. The Balaban J connectivity index is 1.64. The largest absolute Gasteiger partial charge is 0.508 e. The number of rotatable bonds is 5. The van der Waals surface area contributed by atoms with Crippen LogP contribution in [0.4, 0.5) is 0 Å². The van der Waals surface area contributed by atoms with Crippen LogP contribution >= 0.6 is 11.8 Å². The summed E-state index contributed by atoms with van der Waals surface area (Å²) in [5, 5.41) is 19.1. The molecule has 4 rings (SSSR count). The molecule has 0 fully saturated rings. The van der Waals surface area contributed by atoms with Crippen molar-refractivity contribution in [2.45, 2.75) is 24.3 Å².